The minimum atomic E-state index is -1.07. The van der Waals surface area contributed by atoms with Gasteiger partial charge >= 0.3 is 5.97 Å². The van der Waals surface area contributed by atoms with E-state index in [0.717, 1.165) is 23.3 Å². The maximum atomic E-state index is 12.8. The zero-order valence-corrected chi connectivity index (χ0v) is 21.9. The predicted octanol–water partition coefficient (Wildman–Crippen LogP) is 4.35. The van der Waals surface area contributed by atoms with E-state index in [-0.39, 0.29) is 23.5 Å². The fourth-order valence-corrected chi connectivity index (χ4v) is 5.93. The maximum absolute atomic E-state index is 12.8. The Morgan fingerprint density at radius 2 is 1.78 bits per heavy atom. The summed E-state index contributed by atoms with van der Waals surface area (Å²) in [6.45, 7) is 8.81. The van der Waals surface area contributed by atoms with Gasteiger partial charge in [0.25, 0.3) is 5.91 Å². The first kappa shape index (κ1) is 25.8. The summed E-state index contributed by atoms with van der Waals surface area (Å²) < 4.78 is 0. The molecule has 1 aliphatic heterocycles. The van der Waals surface area contributed by atoms with Crippen LogP contribution in [0.2, 0.25) is 0 Å². The SMILES string of the molecule is CC1(C)CC(Nc2nccc(-c3ccc(C(=O)N[C@H](Cc4ccccc4)C(=O)O)s3)n2)CC(C)(C)N1. The van der Waals surface area contributed by atoms with E-state index >= 15 is 0 Å². The first-order valence-electron chi connectivity index (χ1n) is 12.1. The van der Waals surface area contributed by atoms with E-state index in [9.17, 15) is 14.7 Å². The molecule has 2 aromatic heterocycles. The van der Waals surface area contributed by atoms with Crippen molar-refractivity contribution in [2.45, 2.75) is 70.1 Å². The summed E-state index contributed by atoms with van der Waals surface area (Å²) >= 11 is 1.28. The molecule has 0 unspecified atom stereocenters. The van der Waals surface area contributed by atoms with E-state index in [1.165, 1.54) is 11.3 Å². The average molecular weight is 508 g/mol. The maximum Gasteiger partial charge on any atom is 0.326 e. The first-order chi connectivity index (χ1) is 17.0. The van der Waals surface area contributed by atoms with Crippen LogP contribution in [0.4, 0.5) is 5.95 Å². The highest BCUT2D eigenvalue weighted by molar-refractivity contribution is 7.17. The molecule has 0 spiro atoms. The number of carboxylic acids is 1. The van der Waals surface area contributed by atoms with E-state index in [1.54, 1.807) is 12.3 Å². The van der Waals surface area contributed by atoms with Gasteiger partial charge in [0, 0.05) is 29.7 Å². The smallest absolute Gasteiger partial charge is 0.326 e. The van der Waals surface area contributed by atoms with Crippen LogP contribution in [0.5, 0.6) is 0 Å². The molecule has 0 radical (unpaired) electrons. The van der Waals surface area contributed by atoms with Crippen molar-refractivity contribution < 1.29 is 14.7 Å². The number of nitrogens with one attached hydrogen (secondary N) is 3. The van der Waals surface area contributed by atoms with Gasteiger partial charge in [-0.05, 0) is 64.3 Å². The van der Waals surface area contributed by atoms with Crippen LogP contribution in [-0.4, -0.2) is 50.1 Å². The number of thiophene rings is 1. The summed E-state index contributed by atoms with van der Waals surface area (Å²) in [4.78, 5) is 34.9. The van der Waals surface area contributed by atoms with Crippen LogP contribution in [0.1, 0.15) is 55.8 Å². The van der Waals surface area contributed by atoms with Crippen LogP contribution in [0.15, 0.2) is 54.7 Å². The van der Waals surface area contributed by atoms with Gasteiger partial charge in [-0.3, -0.25) is 4.79 Å². The summed E-state index contributed by atoms with van der Waals surface area (Å²) in [5.74, 6) is -0.930. The molecule has 190 valence electrons. The van der Waals surface area contributed by atoms with Crippen molar-refractivity contribution in [3.05, 3.63) is 65.2 Å². The van der Waals surface area contributed by atoms with Crippen molar-refractivity contribution in [3.63, 3.8) is 0 Å². The summed E-state index contributed by atoms with van der Waals surface area (Å²) in [5, 5.41) is 19.4. The van der Waals surface area contributed by atoms with Crippen LogP contribution in [0, 0.1) is 0 Å². The van der Waals surface area contributed by atoms with Crippen molar-refractivity contribution >= 4 is 29.2 Å². The molecule has 0 bridgehead atoms. The first-order valence-corrected chi connectivity index (χ1v) is 12.9. The van der Waals surface area contributed by atoms with Crippen molar-refractivity contribution in [3.8, 4) is 10.6 Å². The summed E-state index contributed by atoms with van der Waals surface area (Å²) in [5.41, 5.74) is 1.56. The molecule has 4 N–H and O–H groups in total. The molecule has 1 amide bonds. The fraction of sp³-hybridized carbons (Fsp3) is 0.407. The number of amides is 1. The van der Waals surface area contributed by atoms with Crippen molar-refractivity contribution in [1.29, 1.82) is 0 Å². The van der Waals surface area contributed by atoms with Gasteiger partial charge in [-0.1, -0.05) is 30.3 Å². The zero-order chi connectivity index (χ0) is 25.9. The lowest BCUT2D eigenvalue weighted by atomic mass is 9.80. The number of rotatable bonds is 8. The lowest BCUT2D eigenvalue weighted by molar-refractivity contribution is -0.139. The third-order valence-corrected chi connectivity index (χ3v) is 7.25. The average Bonchev–Trinajstić information content (AvgIpc) is 3.28. The third-order valence-electron chi connectivity index (χ3n) is 6.15. The topological polar surface area (TPSA) is 116 Å². The van der Waals surface area contributed by atoms with Crippen molar-refractivity contribution in [1.82, 2.24) is 20.6 Å². The van der Waals surface area contributed by atoms with Gasteiger partial charge in [0.1, 0.15) is 6.04 Å². The quantitative estimate of drug-likeness (QED) is 0.358. The highest BCUT2D eigenvalue weighted by atomic mass is 32.1. The lowest BCUT2D eigenvalue weighted by Gasteiger charge is -2.46. The number of aliphatic carboxylic acids is 1. The van der Waals surface area contributed by atoms with E-state index in [0.29, 0.717) is 16.5 Å². The van der Waals surface area contributed by atoms with E-state index in [2.05, 4.69) is 48.6 Å². The van der Waals surface area contributed by atoms with Crippen LogP contribution in [-0.2, 0) is 11.2 Å². The molecule has 0 saturated carbocycles. The molecule has 4 rings (SSSR count). The second kappa shape index (κ2) is 10.4. The Bertz CT molecular complexity index is 1210. The van der Waals surface area contributed by atoms with Crippen LogP contribution < -0.4 is 16.0 Å². The molecule has 0 aliphatic carbocycles. The Balaban J connectivity index is 1.44. The van der Waals surface area contributed by atoms with Gasteiger partial charge < -0.3 is 21.1 Å². The highest BCUT2D eigenvalue weighted by Gasteiger charge is 2.37. The number of hydrogen-bond donors (Lipinski definition) is 4. The molecule has 1 saturated heterocycles. The molecule has 1 atom stereocenters. The number of carbonyl (C=O) groups is 2. The minimum absolute atomic E-state index is 0.00135. The van der Waals surface area contributed by atoms with Gasteiger partial charge in [0.2, 0.25) is 5.95 Å². The van der Waals surface area contributed by atoms with E-state index in [1.807, 2.05) is 42.5 Å². The molecule has 1 fully saturated rings. The Morgan fingerprint density at radius 3 is 2.44 bits per heavy atom. The van der Waals surface area contributed by atoms with Gasteiger partial charge in [0.05, 0.1) is 15.4 Å². The molecule has 3 heterocycles. The monoisotopic (exact) mass is 507 g/mol. The molecule has 36 heavy (non-hydrogen) atoms. The second-order valence-electron chi connectivity index (χ2n) is 10.6. The number of piperidine rings is 1. The minimum Gasteiger partial charge on any atom is -0.480 e. The molecular formula is C27H33N5O3S. The lowest BCUT2D eigenvalue weighted by Crippen LogP contribution is -2.60. The Morgan fingerprint density at radius 1 is 1.08 bits per heavy atom. The van der Waals surface area contributed by atoms with E-state index in [4.69, 9.17) is 4.98 Å². The fourth-order valence-electron chi connectivity index (χ4n) is 5.05. The predicted molar refractivity (Wildman–Crippen MR) is 142 cm³/mol. The Labute approximate surface area is 215 Å². The Kier molecular flexibility index (Phi) is 7.42. The summed E-state index contributed by atoms with van der Waals surface area (Å²) in [7, 11) is 0. The number of nitrogens with zero attached hydrogens (tertiary/aromatic N) is 2. The molecular weight excluding hydrogens is 474 g/mol. The van der Waals surface area contributed by atoms with Gasteiger partial charge in [0.15, 0.2) is 0 Å². The molecule has 1 aromatic carbocycles. The number of aromatic nitrogens is 2. The van der Waals surface area contributed by atoms with Crippen LogP contribution in [0.25, 0.3) is 10.6 Å². The molecule has 9 heteroatoms. The zero-order valence-electron chi connectivity index (χ0n) is 21.0. The van der Waals surface area contributed by atoms with Crippen LogP contribution >= 0.6 is 11.3 Å². The van der Waals surface area contributed by atoms with Gasteiger partial charge in [-0.15, -0.1) is 11.3 Å². The van der Waals surface area contributed by atoms with Crippen molar-refractivity contribution in [2.75, 3.05) is 5.32 Å². The largest absolute Gasteiger partial charge is 0.480 e. The number of hydrogen-bond acceptors (Lipinski definition) is 7. The van der Waals surface area contributed by atoms with Crippen molar-refractivity contribution in [2.24, 2.45) is 0 Å². The highest BCUT2D eigenvalue weighted by Crippen LogP contribution is 2.31. The molecule has 1 aliphatic rings. The van der Waals surface area contributed by atoms with E-state index < -0.39 is 17.9 Å². The van der Waals surface area contributed by atoms with Gasteiger partial charge in [-0.2, -0.15) is 0 Å². The number of anilines is 1. The second-order valence-corrected chi connectivity index (χ2v) is 11.7. The van der Waals surface area contributed by atoms with Gasteiger partial charge in [-0.25, -0.2) is 14.8 Å². The normalized spacial score (nSPS) is 17.8. The van der Waals surface area contributed by atoms with Crippen LogP contribution in [0.3, 0.4) is 0 Å². The number of carbonyl (C=O) groups excluding carboxylic acids is 1. The Hall–Kier alpha value is -3.30. The standard InChI is InChI=1S/C27H33N5O3S/c1-26(2)15-18(16-27(3,4)32-26)29-25-28-13-12-19(31-25)21-10-11-22(36-21)23(33)30-20(24(34)35)14-17-8-6-5-7-9-17/h5-13,18,20,32H,14-16H2,1-4H3,(H,30,33)(H,34,35)(H,28,29,31)/t20-/m1/s1. The third kappa shape index (κ3) is 6.67. The summed E-state index contributed by atoms with van der Waals surface area (Å²) in [6.07, 6.45) is 3.81. The summed E-state index contributed by atoms with van der Waals surface area (Å²) in [6, 6.07) is 13.8. The number of benzene rings is 1. The molecule has 3 aromatic rings. The molecule has 8 nitrogen and oxygen atoms in total. The number of carboxylic acid groups (broad SMARTS) is 1.